The smallest absolute Gasteiger partial charge is 0.317 e. The van der Waals surface area contributed by atoms with Gasteiger partial charge in [0.25, 0.3) is 0 Å². The number of carboxylic acids is 1. The van der Waals surface area contributed by atoms with E-state index in [1.54, 1.807) is 25.3 Å². The van der Waals surface area contributed by atoms with Crippen molar-refractivity contribution in [1.29, 1.82) is 0 Å². The molecule has 0 saturated heterocycles. The Morgan fingerprint density at radius 1 is 1.58 bits per heavy atom. The Kier molecular flexibility index (Phi) is 5.75. The second-order valence-corrected chi connectivity index (χ2v) is 5.67. The van der Waals surface area contributed by atoms with Crippen LogP contribution in [-0.2, 0) is 11.3 Å². The van der Waals surface area contributed by atoms with Crippen molar-refractivity contribution >= 4 is 23.3 Å². The van der Waals surface area contributed by atoms with Crippen molar-refractivity contribution in [1.82, 2.24) is 15.2 Å². The standard InChI is InChI=1S/C12H19N3O3S/c1-8(4-11(16)17)5-13-12(18)15(3)6-10-7-19-9(2)14-10/h7-8H,4-6H2,1-3H3,(H,13,18)(H,16,17). The van der Waals surface area contributed by atoms with Gasteiger partial charge in [0.2, 0.25) is 0 Å². The number of nitrogens with one attached hydrogen (secondary N) is 1. The van der Waals surface area contributed by atoms with Crippen LogP contribution in [0.3, 0.4) is 0 Å². The second kappa shape index (κ2) is 7.08. The van der Waals surface area contributed by atoms with Crippen molar-refractivity contribution in [3.05, 3.63) is 16.1 Å². The first-order valence-corrected chi connectivity index (χ1v) is 6.88. The maximum absolute atomic E-state index is 11.8. The lowest BCUT2D eigenvalue weighted by atomic mass is 10.1. The highest BCUT2D eigenvalue weighted by molar-refractivity contribution is 7.09. The van der Waals surface area contributed by atoms with Crippen LogP contribution >= 0.6 is 11.3 Å². The molecule has 0 saturated carbocycles. The van der Waals surface area contributed by atoms with Gasteiger partial charge in [0, 0.05) is 25.4 Å². The Bertz CT molecular complexity index is 447. The number of carbonyl (C=O) groups excluding carboxylic acids is 1. The third-order valence-corrected chi connectivity index (χ3v) is 3.36. The van der Waals surface area contributed by atoms with Gasteiger partial charge in [-0.15, -0.1) is 11.3 Å². The van der Waals surface area contributed by atoms with Crippen molar-refractivity contribution in [2.75, 3.05) is 13.6 Å². The minimum atomic E-state index is -0.854. The number of amides is 2. The number of carbonyl (C=O) groups is 2. The first kappa shape index (κ1) is 15.4. The Morgan fingerprint density at radius 3 is 2.79 bits per heavy atom. The van der Waals surface area contributed by atoms with Crippen molar-refractivity contribution in [2.24, 2.45) is 5.92 Å². The largest absolute Gasteiger partial charge is 0.481 e. The average Bonchev–Trinajstić information content (AvgIpc) is 2.70. The molecule has 0 spiro atoms. The molecule has 1 aromatic heterocycles. The number of aromatic nitrogens is 1. The quantitative estimate of drug-likeness (QED) is 0.833. The number of aliphatic carboxylic acids is 1. The topological polar surface area (TPSA) is 82.5 Å². The maximum atomic E-state index is 11.8. The van der Waals surface area contributed by atoms with Crippen molar-refractivity contribution in [3.63, 3.8) is 0 Å². The number of rotatable bonds is 6. The molecule has 0 radical (unpaired) electrons. The monoisotopic (exact) mass is 285 g/mol. The van der Waals surface area contributed by atoms with Crippen LogP contribution in [0.2, 0.25) is 0 Å². The SMILES string of the molecule is Cc1nc(CN(C)C(=O)NCC(C)CC(=O)O)cs1. The average molecular weight is 285 g/mol. The summed E-state index contributed by atoms with van der Waals surface area (Å²) in [6.07, 6.45) is 0.0509. The van der Waals surface area contributed by atoms with E-state index >= 15 is 0 Å². The van der Waals surface area contributed by atoms with Gasteiger partial charge < -0.3 is 15.3 Å². The van der Waals surface area contributed by atoms with Crippen molar-refractivity contribution < 1.29 is 14.7 Å². The number of hydrogen-bond acceptors (Lipinski definition) is 4. The van der Waals surface area contributed by atoms with E-state index in [1.165, 1.54) is 4.90 Å². The summed E-state index contributed by atoms with van der Waals surface area (Å²) < 4.78 is 0. The molecule has 7 heteroatoms. The molecule has 106 valence electrons. The van der Waals surface area contributed by atoms with E-state index in [-0.39, 0.29) is 18.4 Å². The summed E-state index contributed by atoms with van der Waals surface area (Å²) in [5.74, 6) is -0.940. The highest BCUT2D eigenvalue weighted by Crippen LogP contribution is 2.09. The third kappa shape index (κ3) is 5.69. The molecule has 0 aliphatic rings. The van der Waals surface area contributed by atoms with Crippen LogP contribution in [0.1, 0.15) is 24.0 Å². The molecule has 0 aliphatic heterocycles. The summed E-state index contributed by atoms with van der Waals surface area (Å²) in [5.41, 5.74) is 0.860. The van der Waals surface area contributed by atoms with Crippen LogP contribution in [0, 0.1) is 12.8 Å². The molecule has 2 N–H and O–H groups in total. The zero-order valence-corrected chi connectivity index (χ0v) is 12.2. The first-order valence-electron chi connectivity index (χ1n) is 6.00. The van der Waals surface area contributed by atoms with Gasteiger partial charge in [0.1, 0.15) is 0 Å². The van der Waals surface area contributed by atoms with Crippen LogP contribution in [0.25, 0.3) is 0 Å². The zero-order chi connectivity index (χ0) is 14.4. The number of carboxylic acid groups (broad SMARTS) is 1. The molecule has 19 heavy (non-hydrogen) atoms. The Labute approximate surface area is 116 Å². The molecule has 6 nitrogen and oxygen atoms in total. The predicted molar refractivity (Wildman–Crippen MR) is 73.1 cm³/mol. The lowest BCUT2D eigenvalue weighted by Gasteiger charge is -2.18. The van der Waals surface area contributed by atoms with Gasteiger partial charge in [-0.1, -0.05) is 6.92 Å². The van der Waals surface area contributed by atoms with E-state index < -0.39 is 5.97 Å². The zero-order valence-electron chi connectivity index (χ0n) is 11.3. The number of urea groups is 1. The van der Waals surface area contributed by atoms with E-state index in [0.717, 1.165) is 10.7 Å². The Balaban J connectivity index is 2.34. The van der Waals surface area contributed by atoms with Crippen LogP contribution in [0.4, 0.5) is 4.79 Å². The van der Waals surface area contributed by atoms with Gasteiger partial charge in [0.05, 0.1) is 17.2 Å². The fourth-order valence-corrected chi connectivity index (χ4v) is 2.17. The van der Waals surface area contributed by atoms with Crippen LogP contribution in [-0.4, -0.2) is 40.6 Å². The minimum Gasteiger partial charge on any atom is -0.481 e. The normalized spacial score (nSPS) is 11.9. The molecule has 1 aromatic rings. The maximum Gasteiger partial charge on any atom is 0.317 e. The summed E-state index contributed by atoms with van der Waals surface area (Å²) in [7, 11) is 1.69. The van der Waals surface area contributed by atoms with Crippen LogP contribution in [0.5, 0.6) is 0 Å². The van der Waals surface area contributed by atoms with E-state index in [4.69, 9.17) is 5.11 Å². The summed E-state index contributed by atoms with van der Waals surface area (Å²) in [6, 6.07) is -0.220. The van der Waals surface area contributed by atoms with Gasteiger partial charge in [-0.25, -0.2) is 9.78 Å². The predicted octanol–water partition coefficient (Wildman–Crippen LogP) is 1.70. The lowest BCUT2D eigenvalue weighted by molar-refractivity contribution is -0.137. The van der Waals surface area contributed by atoms with Crippen molar-refractivity contribution in [3.8, 4) is 0 Å². The molecule has 0 fully saturated rings. The molecular weight excluding hydrogens is 266 g/mol. The molecule has 1 atom stereocenters. The van der Waals surface area contributed by atoms with E-state index in [1.807, 2.05) is 12.3 Å². The molecule has 2 amide bonds. The van der Waals surface area contributed by atoms with E-state index in [2.05, 4.69) is 10.3 Å². The summed E-state index contributed by atoms with van der Waals surface area (Å²) in [5, 5.41) is 14.2. The molecule has 0 aliphatic carbocycles. The van der Waals surface area contributed by atoms with E-state index in [9.17, 15) is 9.59 Å². The van der Waals surface area contributed by atoms with Gasteiger partial charge in [-0.05, 0) is 12.8 Å². The highest BCUT2D eigenvalue weighted by atomic mass is 32.1. The Morgan fingerprint density at radius 2 is 2.26 bits per heavy atom. The summed E-state index contributed by atoms with van der Waals surface area (Å²) >= 11 is 1.55. The number of hydrogen-bond donors (Lipinski definition) is 2. The molecule has 1 unspecified atom stereocenters. The summed E-state index contributed by atoms with van der Waals surface area (Å²) in [4.78, 5) is 28.1. The molecule has 0 bridgehead atoms. The fourth-order valence-electron chi connectivity index (χ4n) is 1.56. The third-order valence-electron chi connectivity index (χ3n) is 2.54. The Hall–Kier alpha value is -1.63. The first-order chi connectivity index (χ1) is 8.88. The number of thiazole rings is 1. The minimum absolute atomic E-state index is 0.0509. The number of nitrogens with zero attached hydrogens (tertiary/aromatic N) is 2. The molecule has 1 rings (SSSR count). The number of aryl methyl sites for hydroxylation is 1. The highest BCUT2D eigenvalue weighted by Gasteiger charge is 2.13. The van der Waals surface area contributed by atoms with Crippen LogP contribution < -0.4 is 5.32 Å². The van der Waals surface area contributed by atoms with Gasteiger partial charge in [-0.3, -0.25) is 4.79 Å². The van der Waals surface area contributed by atoms with Gasteiger partial charge >= 0.3 is 12.0 Å². The lowest BCUT2D eigenvalue weighted by Crippen LogP contribution is -2.39. The van der Waals surface area contributed by atoms with Gasteiger partial charge in [-0.2, -0.15) is 0 Å². The molecular formula is C12H19N3O3S. The van der Waals surface area contributed by atoms with Crippen molar-refractivity contribution in [2.45, 2.75) is 26.8 Å². The van der Waals surface area contributed by atoms with E-state index in [0.29, 0.717) is 13.1 Å². The van der Waals surface area contributed by atoms with Gasteiger partial charge in [0.15, 0.2) is 0 Å². The summed E-state index contributed by atoms with van der Waals surface area (Å²) in [6.45, 7) is 4.51. The fraction of sp³-hybridized carbons (Fsp3) is 0.583. The van der Waals surface area contributed by atoms with Crippen LogP contribution in [0.15, 0.2) is 5.38 Å². The molecule has 0 aromatic carbocycles. The molecule has 1 heterocycles. The second-order valence-electron chi connectivity index (χ2n) is 4.60.